The molecule has 1 aliphatic rings. The molecular weight excluding hydrogens is 427 g/mol. The zero-order valence-electron chi connectivity index (χ0n) is 14.9. The number of hydrogen-bond donors (Lipinski definition) is 3. The molecule has 1 aromatic heterocycles. The molecule has 3 N–H and O–H groups in total. The van der Waals surface area contributed by atoms with Gasteiger partial charge in [-0.05, 0) is 43.7 Å². The van der Waals surface area contributed by atoms with Crippen LogP contribution in [0.5, 0.6) is 0 Å². The van der Waals surface area contributed by atoms with Gasteiger partial charge in [0.1, 0.15) is 0 Å². The van der Waals surface area contributed by atoms with Crippen LogP contribution < -0.4 is 10.6 Å². The van der Waals surface area contributed by atoms with Crippen molar-refractivity contribution in [2.24, 2.45) is 10.4 Å². The van der Waals surface area contributed by atoms with Gasteiger partial charge in [-0.15, -0.1) is 24.0 Å². The zero-order chi connectivity index (χ0) is 16.8. The van der Waals surface area contributed by atoms with Crippen molar-refractivity contribution < 1.29 is 5.11 Å². The number of aliphatic hydroxyl groups excluding tert-OH is 1. The molecule has 0 spiro atoms. The Morgan fingerprint density at radius 3 is 2.76 bits per heavy atom. The molecule has 5 nitrogen and oxygen atoms in total. The first kappa shape index (κ1) is 20.0. The molecule has 25 heavy (non-hydrogen) atoms. The average Bonchev–Trinajstić information content (AvgIpc) is 3.29. The Morgan fingerprint density at radius 2 is 2.04 bits per heavy atom. The normalized spacial score (nSPS) is 15.7. The van der Waals surface area contributed by atoms with Crippen molar-refractivity contribution in [3.05, 3.63) is 36.5 Å². The second kappa shape index (κ2) is 9.43. The maximum absolute atomic E-state index is 9.39. The van der Waals surface area contributed by atoms with E-state index in [4.69, 9.17) is 0 Å². The summed E-state index contributed by atoms with van der Waals surface area (Å²) in [6.07, 6.45) is 5.37. The van der Waals surface area contributed by atoms with E-state index in [1.165, 1.54) is 10.9 Å². The summed E-state index contributed by atoms with van der Waals surface area (Å²) >= 11 is 0. The van der Waals surface area contributed by atoms with Crippen LogP contribution in [0.3, 0.4) is 0 Å². The smallest absolute Gasteiger partial charge is 0.191 e. The summed E-state index contributed by atoms with van der Waals surface area (Å²) in [4.78, 5) is 4.63. The molecule has 138 valence electrons. The first-order chi connectivity index (χ1) is 11.8. The zero-order valence-corrected chi connectivity index (χ0v) is 17.2. The fourth-order valence-corrected chi connectivity index (χ4v) is 2.92. The summed E-state index contributed by atoms with van der Waals surface area (Å²) in [5, 5.41) is 17.4. The van der Waals surface area contributed by atoms with E-state index < -0.39 is 0 Å². The van der Waals surface area contributed by atoms with Crippen LogP contribution in [0.4, 0.5) is 0 Å². The summed E-state index contributed by atoms with van der Waals surface area (Å²) < 4.78 is 2.30. The molecule has 1 aliphatic carbocycles. The van der Waals surface area contributed by atoms with Crippen LogP contribution in [0.25, 0.3) is 10.9 Å². The summed E-state index contributed by atoms with van der Waals surface area (Å²) in [5.74, 6) is 0.856. The number of guanidine groups is 1. The van der Waals surface area contributed by atoms with Gasteiger partial charge in [0.25, 0.3) is 0 Å². The third-order valence-corrected chi connectivity index (χ3v) is 4.76. The van der Waals surface area contributed by atoms with Crippen LogP contribution in [0.1, 0.15) is 26.2 Å². The Morgan fingerprint density at radius 1 is 1.24 bits per heavy atom. The number of fused-ring (bicyclic) bond motifs is 1. The number of benzene rings is 1. The van der Waals surface area contributed by atoms with E-state index in [1.54, 1.807) is 0 Å². The second-order valence-corrected chi connectivity index (χ2v) is 6.70. The van der Waals surface area contributed by atoms with Crippen LogP contribution in [0, 0.1) is 5.41 Å². The minimum Gasteiger partial charge on any atom is -0.396 e. The molecular formula is C19H29IN4O. The number of rotatable bonds is 8. The Bertz CT molecular complexity index is 694. The van der Waals surface area contributed by atoms with Crippen molar-refractivity contribution in [2.75, 3.05) is 26.2 Å². The van der Waals surface area contributed by atoms with Gasteiger partial charge < -0.3 is 20.3 Å². The van der Waals surface area contributed by atoms with Crippen LogP contribution in [-0.4, -0.2) is 41.9 Å². The highest BCUT2D eigenvalue weighted by molar-refractivity contribution is 14.0. The van der Waals surface area contributed by atoms with E-state index >= 15 is 0 Å². The lowest BCUT2D eigenvalue weighted by atomic mass is 10.1. The average molecular weight is 456 g/mol. The number of aliphatic hydroxyl groups is 1. The number of aryl methyl sites for hydroxylation is 1. The third kappa shape index (κ3) is 5.34. The highest BCUT2D eigenvalue weighted by Gasteiger charge is 2.41. The van der Waals surface area contributed by atoms with Gasteiger partial charge in [0, 0.05) is 36.8 Å². The maximum Gasteiger partial charge on any atom is 0.191 e. The van der Waals surface area contributed by atoms with E-state index in [1.807, 2.05) is 0 Å². The fourth-order valence-electron chi connectivity index (χ4n) is 2.92. The SMILES string of the molecule is CCNC(=NCC1(CO)CC1)NCCCn1ccc2ccccc21.I. The topological polar surface area (TPSA) is 61.6 Å². The van der Waals surface area contributed by atoms with Crippen LogP contribution in [-0.2, 0) is 6.54 Å². The van der Waals surface area contributed by atoms with E-state index in [9.17, 15) is 5.11 Å². The van der Waals surface area contributed by atoms with Crippen LogP contribution in [0.15, 0.2) is 41.5 Å². The lowest BCUT2D eigenvalue weighted by molar-refractivity contribution is 0.217. The van der Waals surface area contributed by atoms with Crippen LogP contribution >= 0.6 is 24.0 Å². The first-order valence-corrected chi connectivity index (χ1v) is 8.93. The maximum atomic E-state index is 9.39. The number of para-hydroxylation sites is 1. The molecule has 6 heteroatoms. The van der Waals surface area contributed by atoms with Crippen molar-refractivity contribution in [1.82, 2.24) is 15.2 Å². The summed E-state index contributed by atoms with van der Waals surface area (Å²) in [6.45, 7) is 5.74. The van der Waals surface area contributed by atoms with Crippen molar-refractivity contribution in [1.29, 1.82) is 0 Å². The molecule has 1 aromatic carbocycles. The minimum atomic E-state index is 0. The van der Waals surface area contributed by atoms with Gasteiger partial charge in [-0.25, -0.2) is 0 Å². The van der Waals surface area contributed by atoms with E-state index in [0.29, 0.717) is 6.54 Å². The molecule has 1 fully saturated rings. The van der Waals surface area contributed by atoms with Gasteiger partial charge in [-0.2, -0.15) is 0 Å². The monoisotopic (exact) mass is 456 g/mol. The standard InChI is InChI=1S/C19H28N4O.HI/c1-2-20-18(22-14-19(15-24)9-10-19)21-11-5-12-23-13-8-16-6-3-4-7-17(16)23;/h3-4,6-8,13,24H,2,5,9-12,14-15H2,1H3,(H2,20,21,22);1H. The van der Waals surface area contributed by atoms with Gasteiger partial charge in [-0.1, -0.05) is 18.2 Å². The van der Waals surface area contributed by atoms with Crippen molar-refractivity contribution in [3.63, 3.8) is 0 Å². The second-order valence-electron chi connectivity index (χ2n) is 6.70. The molecule has 0 saturated heterocycles. The lowest BCUT2D eigenvalue weighted by Gasteiger charge is -2.14. The molecule has 0 bridgehead atoms. The molecule has 2 aromatic rings. The molecule has 0 atom stereocenters. The van der Waals surface area contributed by atoms with Gasteiger partial charge in [0.05, 0.1) is 13.2 Å². The van der Waals surface area contributed by atoms with Gasteiger partial charge >= 0.3 is 0 Å². The largest absolute Gasteiger partial charge is 0.396 e. The molecule has 0 amide bonds. The molecule has 0 unspecified atom stereocenters. The Hall–Kier alpha value is -1.28. The van der Waals surface area contributed by atoms with Crippen LogP contribution in [0.2, 0.25) is 0 Å². The number of nitrogens with one attached hydrogen (secondary N) is 2. The Labute approximate surface area is 166 Å². The Balaban J connectivity index is 0.00000225. The van der Waals surface area contributed by atoms with E-state index in [0.717, 1.165) is 44.9 Å². The molecule has 0 radical (unpaired) electrons. The molecule has 3 rings (SSSR count). The lowest BCUT2D eigenvalue weighted by Crippen LogP contribution is -2.38. The molecule has 0 aliphatic heterocycles. The van der Waals surface area contributed by atoms with Crippen molar-refractivity contribution in [2.45, 2.75) is 32.7 Å². The Kier molecular flexibility index (Phi) is 7.56. The summed E-state index contributed by atoms with van der Waals surface area (Å²) in [5.41, 5.74) is 1.35. The third-order valence-electron chi connectivity index (χ3n) is 4.76. The quantitative estimate of drug-likeness (QED) is 0.248. The summed E-state index contributed by atoms with van der Waals surface area (Å²) in [7, 11) is 0. The molecule has 1 saturated carbocycles. The fraction of sp³-hybridized carbons (Fsp3) is 0.526. The van der Waals surface area contributed by atoms with Gasteiger partial charge in [-0.3, -0.25) is 4.99 Å². The first-order valence-electron chi connectivity index (χ1n) is 8.93. The number of halogens is 1. The number of nitrogens with zero attached hydrogens (tertiary/aromatic N) is 2. The predicted molar refractivity (Wildman–Crippen MR) is 115 cm³/mol. The molecule has 1 heterocycles. The van der Waals surface area contributed by atoms with E-state index in [-0.39, 0.29) is 36.0 Å². The summed E-state index contributed by atoms with van der Waals surface area (Å²) in [6, 6.07) is 10.6. The highest BCUT2D eigenvalue weighted by Crippen LogP contribution is 2.45. The highest BCUT2D eigenvalue weighted by atomic mass is 127. The number of hydrogen-bond acceptors (Lipinski definition) is 2. The predicted octanol–water partition coefficient (Wildman–Crippen LogP) is 2.98. The van der Waals surface area contributed by atoms with Crippen molar-refractivity contribution in [3.8, 4) is 0 Å². The van der Waals surface area contributed by atoms with Crippen molar-refractivity contribution >= 4 is 40.8 Å². The van der Waals surface area contributed by atoms with Gasteiger partial charge in [0.15, 0.2) is 5.96 Å². The van der Waals surface area contributed by atoms with E-state index in [2.05, 4.69) is 63.6 Å². The minimum absolute atomic E-state index is 0. The van der Waals surface area contributed by atoms with Gasteiger partial charge in [0.2, 0.25) is 0 Å². The number of aliphatic imine (C=N–C) groups is 1. The number of aromatic nitrogens is 1.